The van der Waals surface area contributed by atoms with Gasteiger partial charge < -0.3 is 28.7 Å². The summed E-state index contributed by atoms with van der Waals surface area (Å²) in [6.45, 7) is 4.22. The van der Waals surface area contributed by atoms with E-state index in [1.54, 1.807) is 51.5 Å². The van der Waals surface area contributed by atoms with Crippen molar-refractivity contribution >= 4 is 17.7 Å². The summed E-state index contributed by atoms with van der Waals surface area (Å²) in [5, 5.41) is 0. The Hall–Kier alpha value is -3.35. The number of ether oxygens (including phenoxy) is 4. The number of para-hydroxylation sites is 2. The van der Waals surface area contributed by atoms with E-state index in [9.17, 15) is 4.79 Å². The summed E-state index contributed by atoms with van der Waals surface area (Å²) in [5.74, 6) is 2.46. The normalized spacial score (nSPS) is 15.3. The topological polar surface area (TPSA) is 60.5 Å². The van der Waals surface area contributed by atoms with Crippen LogP contribution in [0.2, 0.25) is 0 Å². The minimum atomic E-state index is -0.123. The number of nitrogens with zero attached hydrogens (tertiary/aromatic N) is 2. The number of carbonyl (C=O) groups is 1. The molecule has 0 aromatic heterocycles. The predicted octanol–water partition coefficient (Wildman–Crippen LogP) is 3.47. The van der Waals surface area contributed by atoms with Gasteiger partial charge >= 0.3 is 0 Å². The van der Waals surface area contributed by atoms with Crippen molar-refractivity contribution in [1.82, 2.24) is 4.90 Å². The first-order valence-corrected chi connectivity index (χ1v) is 10.2. The Morgan fingerprint density at radius 3 is 2.48 bits per heavy atom. The van der Waals surface area contributed by atoms with Gasteiger partial charge in [0, 0.05) is 31.3 Å². The smallest absolute Gasteiger partial charge is 0.246 e. The van der Waals surface area contributed by atoms with Crippen LogP contribution in [0.4, 0.5) is 5.69 Å². The van der Waals surface area contributed by atoms with Gasteiger partial charge in [-0.15, -0.1) is 0 Å². The molecule has 0 radical (unpaired) electrons. The summed E-state index contributed by atoms with van der Waals surface area (Å²) in [5.41, 5.74) is 1.82. The highest BCUT2D eigenvalue weighted by Crippen LogP contribution is 2.35. The lowest BCUT2D eigenvalue weighted by molar-refractivity contribution is -0.125. The first-order valence-electron chi connectivity index (χ1n) is 10.2. The second-order valence-corrected chi connectivity index (χ2v) is 7.25. The molecule has 1 aliphatic heterocycles. The van der Waals surface area contributed by atoms with Crippen molar-refractivity contribution in [2.75, 3.05) is 52.9 Å². The van der Waals surface area contributed by atoms with Crippen molar-refractivity contribution in [2.24, 2.45) is 0 Å². The number of hydrogen-bond donors (Lipinski definition) is 0. The van der Waals surface area contributed by atoms with E-state index in [0.717, 1.165) is 30.1 Å². The van der Waals surface area contributed by atoms with Gasteiger partial charge in [-0.05, 0) is 31.2 Å². The number of anilines is 1. The predicted molar refractivity (Wildman–Crippen MR) is 122 cm³/mol. The molecule has 0 aliphatic carbocycles. The third-order valence-corrected chi connectivity index (χ3v) is 5.30. The third kappa shape index (κ3) is 5.05. The van der Waals surface area contributed by atoms with E-state index >= 15 is 0 Å². The van der Waals surface area contributed by atoms with Gasteiger partial charge in [-0.3, -0.25) is 4.79 Å². The van der Waals surface area contributed by atoms with E-state index in [0.29, 0.717) is 23.8 Å². The molecule has 2 aromatic carbocycles. The lowest BCUT2D eigenvalue weighted by Crippen LogP contribution is -2.46. The number of methoxy groups -OCH3 is 3. The highest BCUT2D eigenvalue weighted by Gasteiger charge is 2.26. The average Bonchev–Trinajstić information content (AvgIpc) is 2.81. The van der Waals surface area contributed by atoms with Crippen molar-refractivity contribution < 1.29 is 23.7 Å². The molecule has 1 aliphatic rings. The average molecular weight is 427 g/mol. The summed E-state index contributed by atoms with van der Waals surface area (Å²) < 4.78 is 22.2. The Labute approximate surface area is 183 Å². The second kappa shape index (κ2) is 10.1. The maximum atomic E-state index is 12.7. The Balaban J connectivity index is 1.69. The molecule has 0 spiro atoms. The van der Waals surface area contributed by atoms with Crippen LogP contribution in [0, 0.1) is 0 Å². The van der Waals surface area contributed by atoms with E-state index in [2.05, 4.69) is 17.9 Å². The van der Waals surface area contributed by atoms with E-state index in [4.69, 9.17) is 18.9 Å². The third-order valence-electron chi connectivity index (χ3n) is 5.30. The summed E-state index contributed by atoms with van der Waals surface area (Å²) in [6.07, 6.45) is 3.14. The fourth-order valence-corrected chi connectivity index (χ4v) is 3.64. The second-order valence-electron chi connectivity index (χ2n) is 7.25. The quantitative estimate of drug-likeness (QED) is 0.603. The van der Waals surface area contributed by atoms with E-state index < -0.39 is 0 Å². The minimum absolute atomic E-state index is 0.104. The molecule has 1 heterocycles. The van der Waals surface area contributed by atoms with Crippen LogP contribution in [0.3, 0.4) is 0 Å². The van der Waals surface area contributed by atoms with Crippen molar-refractivity contribution in [3.05, 3.63) is 48.0 Å². The monoisotopic (exact) mass is 426 g/mol. The molecule has 0 N–H and O–H groups in total. The molecule has 0 bridgehead atoms. The van der Waals surface area contributed by atoms with Crippen LogP contribution in [-0.2, 0) is 4.79 Å². The Morgan fingerprint density at radius 2 is 1.81 bits per heavy atom. The van der Waals surface area contributed by atoms with E-state index in [-0.39, 0.29) is 12.0 Å². The van der Waals surface area contributed by atoms with Crippen LogP contribution < -0.4 is 23.8 Å². The Morgan fingerprint density at radius 1 is 1.13 bits per heavy atom. The molecule has 1 amide bonds. The number of rotatable bonds is 8. The van der Waals surface area contributed by atoms with Crippen molar-refractivity contribution in [1.29, 1.82) is 0 Å². The van der Waals surface area contributed by atoms with Crippen LogP contribution in [0.15, 0.2) is 42.5 Å². The molecular formula is C24H30N2O5. The molecule has 0 unspecified atom stereocenters. The summed E-state index contributed by atoms with van der Waals surface area (Å²) in [6, 6.07) is 11.5. The highest BCUT2D eigenvalue weighted by atomic mass is 16.5. The van der Waals surface area contributed by atoms with Crippen LogP contribution >= 0.6 is 0 Å². The summed E-state index contributed by atoms with van der Waals surface area (Å²) in [7, 11) is 6.48. The largest absolute Gasteiger partial charge is 0.496 e. The molecule has 3 rings (SSSR count). The molecule has 166 valence electrons. The van der Waals surface area contributed by atoms with Crippen molar-refractivity contribution in [3.8, 4) is 23.0 Å². The van der Waals surface area contributed by atoms with Gasteiger partial charge in [0.05, 0.1) is 40.1 Å². The first kappa shape index (κ1) is 22.3. The van der Waals surface area contributed by atoms with Crippen molar-refractivity contribution in [2.45, 2.75) is 13.0 Å². The SMILES string of the molecule is CCN1C[C@@H](CN(C)C(=O)/C=C/c2cc(OC)c(OC)cc2OC)Oc2ccccc21. The fourth-order valence-electron chi connectivity index (χ4n) is 3.64. The van der Waals surface area contributed by atoms with E-state index in [1.807, 2.05) is 18.2 Å². The maximum absolute atomic E-state index is 12.7. The fraction of sp³-hybridized carbons (Fsp3) is 0.375. The highest BCUT2D eigenvalue weighted by molar-refractivity contribution is 5.92. The van der Waals surface area contributed by atoms with Crippen LogP contribution in [-0.4, -0.2) is 64.9 Å². The Kier molecular flexibility index (Phi) is 7.28. The number of benzene rings is 2. The molecule has 31 heavy (non-hydrogen) atoms. The Bertz CT molecular complexity index is 944. The molecule has 7 nitrogen and oxygen atoms in total. The molecule has 0 fully saturated rings. The first-order chi connectivity index (χ1) is 15.0. The lowest BCUT2D eigenvalue weighted by Gasteiger charge is -2.37. The van der Waals surface area contributed by atoms with Gasteiger partial charge in [0.2, 0.25) is 5.91 Å². The number of fused-ring (bicyclic) bond motifs is 1. The number of likely N-dealkylation sites (N-methyl/N-ethyl adjacent to an activating group) is 2. The zero-order valence-electron chi connectivity index (χ0n) is 18.8. The van der Waals surface area contributed by atoms with Crippen LogP contribution in [0.5, 0.6) is 23.0 Å². The molecule has 0 saturated heterocycles. The zero-order valence-corrected chi connectivity index (χ0v) is 18.8. The zero-order chi connectivity index (χ0) is 22.4. The lowest BCUT2D eigenvalue weighted by atomic mass is 10.1. The van der Waals surface area contributed by atoms with Gasteiger partial charge in [-0.1, -0.05) is 12.1 Å². The maximum Gasteiger partial charge on any atom is 0.246 e. The van der Waals surface area contributed by atoms with Gasteiger partial charge in [-0.25, -0.2) is 0 Å². The van der Waals surface area contributed by atoms with Crippen LogP contribution in [0.1, 0.15) is 12.5 Å². The number of carbonyl (C=O) groups excluding carboxylic acids is 1. The molecule has 1 atom stereocenters. The van der Waals surface area contributed by atoms with Gasteiger partial charge in [-0.2, -0.15) is 0 Å². The standard InChI is InChI=1S/C24H30N2O5/c1-6-26-16-18(31-20-10-8-7-9-19(20)26)15-25(2)24(27)12-11-17-13-22(29-4)23(30-5)14-21(17)28-3/h7-14,18H,6,15-16H2,1-5H3/b12-11+/t18-/m1/s1. The van der Waals surface area contributed by atoms with Crippen LogP contribution in [0.25, 0.3) is 6.08 Å². The van der Waals surface area contributed by atoms with Crippen molar-refractivity contribution in [3.63, 3.8) is 0 Å². The van der Waals surface area contributed by atoms with E-state index in [1.165, 1.54) is 6.08 Å². The minimum Gasteiger partial charge on any atom is -0.496 e. The molecule has 2 aromatic rings. The number of hydrogen-bond acceptors (Lipinski definition) is 6. The van der Waals surface area contributed by atoms with Gasteiger partial charge in [0.15, 0.2) is 11.5 Å². The van der Waals surface area contributed by atoms with Gasteiger partial charge in [0.25, 0.3) is 0 Å². The summed E-state index contributed by atoms with van der Waals surface area (Å²) in [4.78, 5) is 16.7. The molecular weight excluding hydrogens is 396 g/mol. The van der Waals surface area contributed by atoms with Gasteiger partial charge in [0.1, 0.15) is 17.6 Å². The molecule has 0 saturated carbocycles. The number of amides is 1. The summed E-state index contributed by atoms with van der Waals surface area (Å²) >= 11 is 0. The molecule has 7 heteroatoms.